The molecule has 0 atom stereocenters. The van der Waals surface area contributed by atoms with Crippen LogP contribution in [0.1, 0.15) is 5.56 Å². The van der Waals surface area contributed by atoms with Crippen molar-refractivity contribution in [1.29, 1.82) is 0 Å². The third kappa shape index (κ3) is 3.36. The Bertz CT molecular complexity index is 485. The molecule has 0 unspecified atom stereocenters. The van der Waals surface area contributed by atoms with Gasteiger partial charge in [0, 0.05) is 23.1 Å². The van der Waals surface area contributed by atoms with Crippen LogP contribution in [0.5, 0.6) is 5.75 Å². The predicted molar refractivity (Wildman–Crippen MR) is 69.5 cm³/mol. The predicted octanol–water partition coefficient (Wildman–Crippen LogP) is 3.49. The number of pyridine rings is 1. The van der Waals surface area contributed by atoms with Crippen molar-refractivity contribution >= 4 is 17.3 Å². The lowest BCUT2D eigenvalue weighted by atomic mass is 10.3. The van der Waals surface area contributed by atoms with E-state index in [-0.39, 0.29) is 0 Å². The second kappa shape index (κ2) is 5.55. The van der Waals surface area contributed by atoms with Gasteiger partial charge in [0.15, 0.2) is 6.73 Å². The van der Waals surface area contributed by atoms with Gasteiger partial charge in [0.2, 0.25) is 0 Å². The van der Waals surface area contributed by atoms with E-state index in [1.807, 2.05) is 31.3 Å². The van der Waals surface area contributed by atoms with Crippen molar-refractivity contribution < 1.29 is 4.74 Å². The van der Waals surface area contributed by atoms with Gasteiger partial charge in [-0.1, -0.05) is 11.6 Å². The Morgan fingerprint density at radius 3 is 2.71 bits per heavy atom. The van der Waals surface area contributed by atoms with Gasteiger partial charge in [-0.15, -0.1) is 0 Å². The van der Waals surface area contributed by atoms with Crippen LogP contribution < -0.4 is 10.1 Å². The number of halogens is 1. The van der Waals surface area contributed by atoms with Gasteiger partial charge < -0.3 is 10.1 Å². The highest BCUT2D eigenvalue weighted by molar-refractivity contribution is 6.30. The minimum Gasteiger partial charge on any atom is -0.473 e. The molecule has 1 heterocycles. The van der Waals surface area contributed by atoms with E-state index in [0.717, 1.165) is 17.0 Å². The van der Waals surface area contributed by atoms with Gasteiger partial charge in [0.05, 0.1) is 0 Å². The van der Waals surface area contributed by atoms with E-state index in [1.54, 1.807) is 18.3 Å². The molecular formula is C13H13ClN2O. The maximum atomic E-state index is 5.78. The Hall–Kier alpha value is -1.74. The molecule has 0 aliphatic heterocycles. The monoisotopic (exact) mass is 248 g/mol. The van der Waals surface area contributed by atoms with Crippen LogP contribution in [0, 0.1) is 6.92 Å². The molecule has 1 aromatic carbocycles. The van der Waals surface area contributed by atoms with E-state index in [1.165, 1.54) is 0 Å². The standard InChI is InChI=1S/C13H13ClN2O/c1-10-8-15-7-6-13(10)16-9-17-12-4-2-11(14)3-5-12/h2-8H,9H2,1H3,(H,15,16). The van der Waals surface area contributed by atoms with E-state index < -0.39 is 0 Å². The molecular weight excluding hydrogens is 236 g/mol. The normalized spacial score (nSPS) is 10.0. The number of nitrogens with one attached hydrogen (secondary N) is 1. The highest BCUT2D eigenvalue weighted by atomic mass is 35.5. The quantitative estimate of drug-likeness (QED) is 0.841. The fraction of sp³-hybridized carbons (Fsp3) is 0.154. The number of ether oxygens (including phenoxy) is 1. The second-order valence-corrected chi connectivity index (χ2v) is 4.05. The average Bonchev–Trinajstić information content (AvgIpc) is 2.34. The van der Waals surface area contributed by atoms with E-state index in [9.17, 15) is 0 Å². The molecule has 0 radical (unpaired) electrons. The van der Waals surface area contributed by atoms with Crippen LogP contribution in [0.3, 0.4) is 0 Å². The average molecular weight is 249 g/mol. The van der Waals surface area contributed by atoms with Crippen molar-refractivity contribution in [3.05, 3.63) is 53.3 Å². The molecule has 0 bridgehead atoms. The minimum absolute atomic E-state index is 0.409. The van der Waals surface area contributed by atoms with E-state index >= 15 is 0 Å². The molecule has 0 spiro atoms. The number of benzene rings is 1. The Morgan fingerprint density at radius 2 is 2.00 bits per heavy atom. The molecule has 0 aliphatic carbocycles. The van der Waals surface area contributed by atoms with Crippen molar-refractivity contribution in [1.82, 2.24) is 4.98 Å². The number of aryl methyl sites for hydroxylation is 1. The SMILES string of the molecule is Cc1cnccc1NCOc1ccc(Cl)cc1. The highest BCUT2D eigenvalue weighted by Crippen LogP contribution is 2.16. The van der Waals surface area contributed by atoms with Gasteiger partial charge in [0.1, 0.15) is 5.75 Å². The minimum atomic E-state index is 0.409. The molecule has 0 fully saturated rings. The lowest BCUT2D eigenvalue weighted by Crippen LogP contribution is -2.09. The van der Waals surface area contributed by atoms with Crippen LogP contribution in [-0.2, 0) is 0 Å². The first-order valence-corrected chi connectivity index (χ1v) is 5.66. The van der Waals surface area contributed by atoms with Crippen molar-refractivity contribution in [2.24, 2.45) is 0 Å². The van der Waals surface area contributed by atoms with Gasteiger partial charge in [-0.25, -0.2) is 0 Å². The topological polar surface area (TPSA) is 34.2 Å². The van der Waals surface area contributed by atoms with Crippen LogP contribution in [0.25, 0.3) is 0 Å². The summed E-state index contributed by atoms with van der Waals surface area (Å²) in [6.07, 6.45) is 3.56. The van der Waals surface area contributed by atoms with Gasteiger partial charge in [-0.05, 0) is 42.8 Å². The Morgan fingerprint density at radius 1 is 1.24 bits per heavy atom. The molecule has 0 amide bonds. The molecule has 2 rings (SSSR count). The molecule has 3 nitrogen and oxygen atoms in total. The first-order chi connectivity index (χ1) is 8.25. The van der Waals surface area contributed by atoms with Crippen LogP contribution in [0.15, 0.2) is 42.7 Å². The molecule has 2 aromatic rings. The van der Waals surface area contributed by atoms with Gasteiger partial charge in [-0.3, -0.25) is 4.98 Å². The number of rotatable bonds is 4. The zero-order chi connectivity index (χ0) is 12.1. The zero-order valence-electron chi connectivity index (χ0n) is 9.48. The Balaban J connectivity index is 1.88. The van der Waals surface area contributed by atoms with Gasteiger partial charge in [-0.2, -0.15) is 0 Å². The van der Waals surface area contributed by atoms with Crippen molar-refractivity contribution in [3.8, 4) is 5.75 Å². The van der Waals surface area contributed by atoms with Crippen molar-refractivity contribution in [2.45, 2.75) is 6.92 Å². The molecule has 1 N–H and O–H groups in total. The smallest absolute Gasteiger partial charge is 0.159 e. The molecule has 17 heavy (non-hydrogen) atoms. The molecule has 88 valence electrons. The molecule has 0 saturated heterocycles. The van der Waals surface area contributed by atoms with E-state index in [4.69, 9.17) is 16.3 Å². The molecule has 0 aliphatic rings. The maximum Gasteiger partial charge on any atom is 0.159 e. The van der Waals surface area contributed by atoms with Crippen LogP contribution >= 0.6 is 11.6 Å². The summed E-state index contributed by atoms with van der Waals surface area (Å²) in [5.41, 5.74) is 2.11. The van der Waals surface area contributed by atoms with E-state index in [2.05, 4.69) is 10.3 Å². The number of aromatic nitrogens is 1. The Labute approximate surface area is 105 Å². The lowest BCUT2D eigenvalue weighted by molar-refractivity contribution is 0.347. The fourth-order valence-corrected chi connectivity index (χ4v) is 1.53. The van der Waals surface area contributed by atoms with E-state index in [0.29, 0.717) is 11.8 Å². The molecule has 1 aromatic heterocycles. The first kappa shape index (κ1) is 11.7. The van der Waals surface area contributed by atoms with Crippen molar-refractivity contribution in [3.63, 3.8) is 0 Å². The summed E-state index contributed by atoms with van der Waals surface area (Å²) in [7, 11) is 0. The third-order valence-electron chi connectivity index (χ3n) is 2.34. The number of hydrogen-bond donors (Lipinski definition) is 1. The molecule has 0 saturated carbocycles. The summed E-state index contributed by atoms with van der Waals surface area (Å²) in [4.78, 5) is 4.03. The number of nitrogens with zero attached hydrogens (tertiary/aromatic N) is 1. The summed E-state index contributed by atoms with van der Waals surface area (Å²) in [6.45, 7) is 2.41. The lowest BCUT2D eigenvalue weighted by Gasteiger charge is -2.10. The summed E-state index contributed by atoms with van der Waals surface area (Å²) in [6, 6.07) is 9.19. The van der Waals surface area contributed by atoms with Crippen molar-refractivity contribution in [2.75, 3.05) is 12.0 Å². The first-order valence-electron chi connectivity index (χ1n) is 5.28. The second-order valence-electron chi connectivity index (χ2n) is 3.61. The zero-order valence-corrected chi connectivity index (χ0v) is 10.2. The van der Waals surface area contributed by atoms with Gasteiger partial charge in [0.25, 0.3) is 0 Å². The van der Waals surface area contributed by atoms with Crippen LogP contribution in [-0.4, -0.2) is 11.7 Å². The van der Waals surface area contributed by atoms with Gasteiger partial charge >= 0.3 is 0 Å². The fourth-order valence-electron chi connectivity index (χ4n) is 1.40. The largest absolute Gasteiger partial charge is 0.473 e. The third-order valence-corrected chi connectivity index (χ3v) is 2.59. The van der Waals surface area contributed by atoms with Crippen LogP contribution in [0.2, 0.25) is 5.02 Å². The van der Waals surface area contributed by atoms with Crippen LogP contribution in [0.4, 0.5) is 5.69 Å². The number of anilines is 1. The molecule has 4 heteroatoms. The maximum absolute atomic E-state index is 5.78. The summed E-state index contributed by atoms with van der Waals surface area (Å²) in [5.74, 6) is 0.786. The summed E-state index contributed by atoms with van der Waals surface area (Å²) < 4.78 is 5.53. The summed E-state index contributed by atoms with van der Waals surface area (Å²) >= 11 is 5.78. The number of hydrogen-bond acceptors (Lipinski definition) is 3. The Kier molecular flexibility index (Phi) is 3.83. The highest BCUT2D eigenvalue weighted by Gasteiger charge is 1.97. The summed E-state index contributed by atoms with van der Waals surface area (Å²) in [5, 5.41) is 3.88.